The van der Waals surface area contributed by atoms with Gasteiger partial charge in [-0.15, -0.1) is 10.2 Å². The normalized spacial score (nSPS) is 12.6. The van der Waals surface area contributed by atoms with Crippen molar-refractivity contribution in [3.63, 3.8) is 0 Å². The molecule has 0 saturated heterocycles. The quantitative estimate of drug-likeness (QED) is 0.849. The van der Waals surface area contributed by atoms with Gasteiger partial charge < -0.3 is 9.73 Å². The number of nitrogens with zero attached hydrogens (tertiary/aromatic N) is 2. The first-order valence-electron chi connectivity index (χ1n) is 6.37. The van der Waals surface area contributed by atoms with E-state index in [1.54, 1.807) is 0 Å². The molecule has 0 bridgehead atoms. The number of rotatable bonds is 6. The molecule has 2 aromatic rings. The summed E-state index contributed by atoms with van der Waals surface area (Å²) < 4.78 is 5.66. The summed E-state index contributed by atoms with van der Waals surface area (Å²) >= 11 is 0. The average molecular weight is 245 g/mol. The highest BCUT2D eigenvalue weighted by Crippen LogP contribution is 2.15. The van der Waals surface area contributed by atoms with Crippen LogP contribution in [0.2, 0.25) is 0 Å². The maximum atomic E-state index is 5.66. The van der Waals surface area contributed by atoms with Gasteiger partial charge in [0.1, 0.15) is 0 Å². The van der Waals surface area contributed by atoms with Crippen LogP contribution in [0.4, 0.5) is 0 Å². The van der Waals surface area contributed by atoms with Gasteiger partial charge in [-0.1, -0.05) is 37.3 Å². The van der Waals surface area contributed by atoms with Crippen LogP contribution in [0.1, 0.15) is 36.7 Å². The van der Waals surface area contributed by atoms with Crippen LogP contribution in [0.5, 0.6) is 0 Å². The summed E-state index contributed by atoms with van der Waals surface area (Å²) in [5.74, 6) is 1.39. The lowest BCUT2D eigenvalue weighted by Gasteiger charge is -2.07. The van der Waals surface area contributed by atoms with E-state index >= 15 is 0 Å². The summed E-state index contributed by atoms with van der Waals surface area (Å²) in [5.41, 5.74) is 1.29. The molecule has 0 aliphatic heterocycles. The fourth-order valence-corrected chi connectivity index (χ4v) is 1.91. The Balaban J connectivity index is 1.95. The lowest BCUT2D eigenvalue weighted by molar-refractivity contribution is 0.386. The Bertz CT molecular complexity index is 463. The molecule has 18 heavy (non-hydrogen) atoms. The second-order valence-corrected chi connectivity index (χ2v) is 4.27. The number of aryl methyl sites for hydroxylation is 2. The molecular weight excluding hydrogens is 226 g/mol. The van der Waals surface area contributed by atoms with Gasteiger partial charge in [-0.2, -0.15) is 0 Å². The molecular formula is C14H19N3O. The number of benzene rings is 1. The summed E-state index contributed by atoms with van der Waals surface area (Å²) in [6, 6.07) is 10.5. The van der Waals surface area contributed by atoms with Crippen molar-refractivity contribution in [2.45, 2.75) is 32.2 Å². The molecule has 1 atom stereocenters. The second-order valence-electron chi connectivity index (χ2n) is 4.27. The van der Waals surface area contributed by atoms with Crippen molar-refractivity contribution in [3.05, 3.63) is 47.7 Å². The largest absolute Gasteiger partial charge is 0.424 e. The smallest absolute Gasteiger partial charge is 0.233 e. The molecule has 1 heterocycles. The molecule has 0 amide bonds. The first-order valence-corrected chi connectivity index (χ1v) is 6.37. The Morgan fingerprint density at radius 2 is 1.94 bits per heavy atom. The van der Waals surface area contributed by atoms with E-state index in [4.69, 9.17) is 4.42 Å². The monoisotopic (exact) mass is 245 g/mol. The molecule has 0 saturated carbocycles. The summed E-state index contributed by atoms with van der Waals surface area (Å²) in [6.45, 7) is 2.09. The van der Waals surface area contributed by atoms with Gasteiger partial charge >= 0.3 is 0 Å². The zero-order valence-corrected chi connectivity index (χ0v) is 10.9. The molecule has 1 N–H and O–H groups in total. The molecule has 1 aromatic carbocycles. The van der Waals surface area contributed by atoms with Gasteiger partial charge in [-0.25, -0.2) is 0 Å². The van der Waals surface area contributed by atoms with Crippen molar-refractivity contribution in [1.29, 1.82) is 0 Å². The predicted octanol–water partition coefficient (Wildman–Crippen LogP) is 2.53. The third-order valence-corrected chi connectivity index (χ3v) is 3.01. The van der Waals surface area contributed by atoms with Gasteiger partial charge in [0, 0.05) is 6.42 Å². The Morgan fingerprint density at radius 3 is 2.61 bits per heavy atom. The minimum absolute atomic E-state index is 0.156. The van der Waals surface area contributed by atoms with Gasteiger partial charge in [-0.3, -0.25) is 0 Å². The third-order valence-electron chi connectivity index (χ3n) is 3.01. The molecule has 0 fully saturated rings. The van der Waals surface area contributed by atoms with Gasteiger partial charge in [0.15, 0.2) is 0 Å². The number of hydrogen-bond donors (Lipinski definition) is 1. The minimum Gasteiger partial charge on any atom is -0.424 e. The topological polar surface area (TPSA) is 51.0 Å². The van der Waals surface area contributed by atoms with Crippen LogP contribution in [0.15, 0.2) is 34.7 Å². The van der Waals surface area contributed by atoms with Gasteiger partial charge in [0.2, 0.25) is 11.8 Å². The highest BCUT2D eigenvalue weighted by Gasteiger charge is 2.14. The first kappa shape index (κ1) is 12.8. The number of hydrogen-bond acceptors (Lipinski definition) is 4. The summed E-state index contributed by atoms with van der Waals surface area (Å²) in [7, 11) is 1.90. The third kappa shape index (κ3) is 3.17. The molecule has 4 nitrogen and oxygen atoms in total. The molecule has 0 aliphatic rings. The molecule has 0 spiro atoms. The molecule has 1 aromatic heterocycles. The van der Waals surface area contributed by atoms with Crippen molar-refractivity contribution in [1.82, 2.24) is 15.5 Å². The van der Waals surface area contributed by atoms with Gasteiger partial charge in [0.05, 0.1) is 6.04 Å². The summed E-state index contributed by atoms with van der Waals surface area (Å²) in [4.78, 5) is 0. The minimum atomic E-state index is 0.156. The molecule has 4 heteroatoms. The van der Waals surface area contributed by atoms with Crippen LogP contribution in [0.3, 0.4) is 0 Å². The van der Waals surface area contributed by atoms with Gasteiger partial charge in [-0.05, 0) is 25.5 Å². The zero-order valence-electron chi connectivity index (χ0n) is 10.9. The number of aromatic nitrogens is 2. The van der Waals surface area contributed by atoms with Crippen LogP contribution in [-0.2, 0) is 12.8 Å². The lowest BCUT2D eigenvalue weighted by Crippen LogP contribution is -2.15. The number of nitrogens with one attached hydrogen (secondary N) is 1. The molecule has 1 unspecified atom stereocenters. The Kier molecular flexibility index (Phi) is 4.47. The van der Waals surface area contributed by atoms with E-state index in [0.29, 0.717) is 11.8 Å². The van der Waals surface area contributed by atoms with Crippen molar-refractivity contribution in [2.24, 2.45) is 0 Å². The van der Waals surface area contributed by atoms with Crippen molar-refractivity contribution in [3.8, 4) is 0 Å². The Labute approximate surface area is 107 Å². The standard InChI is InChI=1S/C14H19N3O/c1-3-12(15-2)14-17-16-13(18-14)10-9-11-7-5-4-6-8-11/h4-8,12,15H,3,9-10H2,1-2H3. The maximum absolute atomic E-state index is 5.66. The molecule has 0 radical (unpaired) electrons. The zero-order chi connectivity index (χ0) is 12.8. The SMILES string of the molecule is CCC(NC)c1nnc(CCc2ccccc2)o1. The maximum Gasteiger partial charge on any atom is 0.233 e. The van der Waals surface area contributed by atoms with Crippen LogP contribution in [0.25, 0.3) is 0 Å². The Hall–Kier alpha value is -1.68. The molecule has 96 valence electrons. The van der Waals surface area contributed by atoms with Crippen molar-refractivity contribution in [2.75, 3.05) is 7.05 Å². The van der Waals surface area contributed by atoms with E-state index in [9.17, 15) is 0 Å². The van der Waals surface area contributed by atoms with Gasteiger partial charge in [0.25, 0.3) is 0 Å². The van der Waals surface area contributed by atoms with Crippen molar-refractivity contribution >= 4 is 0 Å². The van der Waals surface area contributed by atoms with Crippen LogP contribution in [-0.4, -0.2) is 17.2 Å². The van der Waals surface area contributed by atoms with E-state index < -0.39 is 0 Å². The average Bonchev–Trinajstić information content (AvgIpc) is 2.88. The van der Waals surface area contributed by atoms with Crippen LogP contribution < -0.4 is 5.32 Å². The predicted molar refractivity (Wildman–Crippen MR) is 70.2 cm³/mol. The second kappa shape index (κ2) is 6.31. The lowest BCUT2D eigenvalue weighted by atomic mass is 10.1. The summed E-state index contributed by atoms with van der Waals surface area (Å²) in [5, 5.41) is 11.3. The van der Waals surface area contributed by atoms with E-state index in [1.165, 1.54) is 5.56 Å². The molecule has 2 rings (SSSR count). The van der Waals surface area contributed by atoms with E-state index in [1.807, 2.05) is 25.2 Å². The van der Waals surface area contributed by atoms with Crippen LogP contribution in [0, 0.1) is 0 Å². The fourth-order valence-electron chi connectivity index (χ4n) is 1.91. The highest BCUT2D eigenvalue weighted by molar-refractivity contribution is 5.15. The molecule has 0 aliphatic carbocycles. The summed E-state index contributed by atoms with van der Waals surface area (Å²) in [6.07, 6.45) is 2.66. The Morgan fingerprint density at radius 1 is 1.17 bits per heavy atom. The van der Waals surface area contributed by atoms with E-state index in [2.05, 4.69) is 34.6 Å². The highest BCUT2D eigenvalue weighted by atomic mass is 16.4. The van der Waals surface area contributed by atoms with E-state index in [0.717, 1.165) is 19.3 Å². The first-order chi connectivity index (χ1) is 8.83. The fraction of sp³-hybridized carbons (Fsp3) is 0.429. The van der Waals surface area contributed by atoms with E-state index in [-0.39, 0.29) is 6.04 Å². The van der Waals surface area contributed by atoms with Crippen LogP contribution >= 0.6 is 0 Å². The van der Waals surface area contributed by atoms with Crippen molar-refractivity contribution < 1.29 is 4.42 Å².